The maximum Gasteiger partial charge on any atom is 0.268 e. The minimum atomic E-state index is -1.41. The Morgan fingerprint density at radius 1 is 1.15 bits per heavy atom. The number of benzene rings is 1. The highest BCUT2D eigenvalue weighted by Gasteiger charge is 2.22. The van der Waals surface area contributed by atoms with E-state index in [1.165, 1.54) is 12.3 Å². The van der Waals surface area contributed by atoms with Gasteiger partial charge in [-0.05, 0) is 46.1 Å². The van der Waals surface area contributed by atoms with Gasteiger partial charge in [0, 0.05) is 10.5 Å². The summed E-state index contributed by atoms with van der Waals surface area (Å²) in [7, 11) is 0. The van der Waals surface area contributed by atoms with Crippen LogP contribution < -0.4 is 15.7 Å². The maximum atomic E-state index is 12.6. The zero-order chi connectivity index (χ0) is 20.0. The molecule has 0 radical (unpaired) electrons. The van der Waals surface area contributed by atoms with Gasteiger partial charge < -0.3 is 25.0 Å². The van der Waals surface area contributed by atoms with Crippen LogP contribution in [0.4, 0.5) is 0 Å². The predicted octanol–water partition coefficient (Wildman–Crippen LogP) is 1.70. The van der Waals surface area contributed by atoms with Crippen LogP contribution in [0, 0.1) is 5.92 Å². The summed E-state index contributed by atoms with van der Waals surface area (Å²) in [5.74, 6) is -2.79. The number of hydrogen-bond donors (Lipinski definition) is 2. The molecule has 0 bridgehead atoms. The summed E-state index contributed by atoms with van der Waals surface area (Å²) in [6, 6.07) is 8.71. The Morgan fingerprint density at radius 3 is 2.41 bits per heavy atom. The average molecular weight is 434 g/mol. The van der Waals surface area contributed by atoms with E-state index in [2.05, 4.69) is 26.6 Å². The molecule has 142 valence electrons. The van der Waals surface area contributed by atoms with Crippen LogP contribution in [0.25, 0.3) is 6.08 Å². The molecule has 1 heterocycles. The van der Waals surface area contributed by atoms with Crippen molar-refractivity contribution in [2.75, 3.05) is 0 Å². The molecule has 0 unspecified atom stereocenters. The van der Waals surface area contributed by atoms with Crippen molar-refractivity contribution in [1.82, 2.24) is 10.6 Å². The summed E-state index contributed by atoms with van der Waals surface area (Å²) in [5, 5.41) is 16.1. The summed E-state index contributed by atoms with van der Waals surface area (Å²) in [6.45, 7) is 3.27. The standard InChI is InChI=1S/C19H19BrN2O5/c1-11(2)16(19(25)26)22-18(24)15(10-12-6-5-9-27-12)21-17(23)13-7-3-4-8-14(13)20/h3-11,16H,1-2H3,(H,21,23)(H,22,24)(H,25,26)/p-1/b15-10-/t16-/m0/s1. The number of nitrogens with one attached hydrogen (secondary N) is 2. The Morgan fingerprint density at radius 2 is 1.85 bits per heavy atom. The lowest BCUT2D eigenvalue weighted by Crippen LogP contribution is -2.52. The summed E-state index contributed by atoms with van der Waals surface area (Å²) in [6.07, 6.45) is 2.73. The highest BCUT2D eigenvalue weighted by Crippen LogP contribution is 2.16. The third-order valence-electron chi connectivity index (χ3n) is 3.65. The normalized spacial score (nSPS) is 12.5. The van der Waals surface area contributed by atoms with Crippen molar-refractivity contribution in [3.8, 4) is 0 Å². The molecular weight excluding hydrogens is 416 g/mol. The zero-order valence-corrected chi connectivity index (χ0v) is 16.3. The minimum absolute atomic E-state index is 0.155. The van der Waals surface area contributed by atoms with Crippen LogP contribution in [0.15, 0.2) is 57.2 Å². The predicted molar refractivity (Wildman–Crippen MR) is 100 cm³/mol. The summed E-state index contributed by atoms with van der Waals surface area (Å²) in [4.78, 5) is 36.4. The number of halogens is 1. The van der Waals surface area contributed by atoms with Crippen LogP contribution in [-0.2, 0) is 9.59 Å². The molecule has 2 N–H and O–H groups in total. The van der Waals surface area contributed by atoms with Gasteiger partial charge in [0.1, 0.15) is 11.5 Å². The molecule has 0 saturated carbocycles. The number of hydrogen-bond acceptors (Lipinski definition) is 5. The summed E-state index contributed by atoms with van der Waals surface area (Å²) in [5.41, 5.74) is 0.161. The van der Waals surface area contributed by atoms with Crippen molar-refractivity contribution < 1.29 is 23.9 Å². The molecule has 2 amide bonds. The Kier molecular flexibility index (Phi) is 6.95. The monoisotopic (exact) mass is 433 g/mol. The molecule has 1 aromatic heterocycles. The number of carboxylic acid groups (broad SMARTS) is 1. The van der Waals surface area contributed by atoms with Gasteiger partial charge in [0.25, 0.3) is 11.8 Å². The van der Waals surface area contributed by atoms with E-state index < -0.39 is 29.7 Å². The quantitative estimate of drug-likeness (QED) is 0.645. The fourth-order valence-corrected chi connectivity index (χ4v) is 2.69. The first kappa shape index (κ1) is 20.4. The van der Waals surface area contributed by atoms with Crippen molar-refractivity contribution >= 4 is 39.8 Å². The topological polar surface area (TPSA) is 111 Å². The van der Waals surface area contributed by atoms with Crippen molar-refractivity contribution in [2.45, 2.75) is 19.9 Å². The Labute approximate surface area is 164 Å². The van der Waals surface area contributed by atoms with E-state index >= 15 is 0 Å². The van der Waals surface area contributed by atoms with Crippen molar-refractivity contribution in [1.29, 1.82) is 0 Å². The molecule has 2 aromatic rings. The zero-order valence-electron chi connectivity index (χ0n) is 14.7. The number of carbonyl (C=O) groups excluding carboxylic acids is 3. The number of amides is 2. The molecule has 1 atom stereocenters. The largest absolute Gasteiger partial charge is 0.548 e. The highest BCUT2D eigenvalue weighted by atomic mass is 79.9. The van der Waals surface area contributed by atoms with Gasteiger partial charge in [0.05, 0.1) is 23.8 Å². The molecule has 8 heteroatoms. The SMILES string of the molecule is CC(C)[C@H](NC(=O)/C(=C/c1ccco1)NC(=O)c1ccccc1Br)C(=O)[O-]. The lowest BCUT2D eigenvalue weighted by Gasteiger charge is -2.24. The van der Waals surface area contributed by atoms with E-state index in [4.69, 9.17) is 4.42 Å². The number of carboxylic acids is 1. The molecule has 0 saturated heterocycles. The van der Waals surface area contributed by atoms with Crippen LogP contribution in [0.5, 0.6) is 0 Å². The van der Waals surface area contributed by atoms with E-state index in [-0.39, 0.29) is 5.70 Å². The van der Waals surface area contributed by atoms with Crippen LogP contribution in [-0.4, -0.2) is 23.8 Å². The number of aliphatic carboxylic acids is 1. The number of furan rings is 1. The molecule has 0 fully saturated rings. The first-order valence-electron chi connectivity index (χ1n) is 8.12. The average Bonchev–Trinajstić information content (AvgIpc) is 3.11. The molecule has 0 aliphatic carbocycles. The highest BCUT2D eigenvalue weighted by molar-refractivity contribution is 9.10. The smallest absolute Gasteiger partial charge is 0.268 e. The van der Waals surface area contributed by atoms with Gasteiger partial charge in [-0.25, -0.2) is 0 Å². The van der Waals surface area contributed by atoms with Gasteiger partial charge in [-0.2, -0.15) is 0 Å². The van der Waals surface area contributed by atoms with E-state index in [0.717, 1.165) is 0 Å². The molecule has 2 rings (SSSR count). The fourth-order valence-electron chi connectivity index (χ4n) is 2.23. The first-order chi connectivity index (χ1) is 12.8. The van der Waals surface area contributed by atoms with Crippen molar-refractivity contribution in [3.05, 3.63) is 64.2 Å². The van der Waals surface area contributed by atoms with E-state index in [0.29, 0.717) is 15.8 Å². The third-order valence-corrected chi connectivity index (χ3v) is 4.34. The Hall–Kier alpha value is -2.87. The van der Waals surface area contributed by atoms with Crippen LogP contribution in [0.1, 0.15) is 30.0 Å². The van der Waals surface area contributed by atoms with Gasteiger partial charge in [-0.1, -0.05) is 26.0 Å². The Balaban J connectivity index is 2.29. The van der Waals surface area contributed by atoms with Gasteiger partial charge in [-0.3, -0.25) is 9.59 Å². The van der Waals surface area contributed by atoms with Crippen LogP contribution >= 0.6 is 15.9 Å². The lowest BCUT2D eigenvalue weighted by molar-refractivity contribution is -0.309. The Bertz CT molecular complexity index is 859. The first-order valence-corrected chi connectivity index (χ1v) is 8.91. The van der Waals surface area contributed by atoms with Gasteiger partial charge >= 0.3 is 0 Å². The minimum Gasteiger partial charge on any atom is -0.548 e. The maximum absolute atomic E-state index is 12.6. The summed E-state index contributed by atoms with van der Waals surface area (Å²) < 4.78 is 5.73. The van der Waals surface area contributed by atoms with Crippen molar-refractivity contribution in [3.63, 3.8) is 0 Å². The third kappa shape index (κ3) is 5.55. The van der Waals surface area contributed by atoms with Gasteiger partial charge in [0.2, 0.25) is 0 Å². The van der Waals surface area contributed by atoms with E-state index in [1.807, 2.05) is 0 Å². The van der Waals surface area contributed by atoms with Crippen LogP contribution in [0.2, 0.25) is 0 Å². The molecule has 7 nitrogen and oxygen atoms in total. The molecule has 0 aliphatic rings. The van der Waals surface area contributed by atoms with Crippen molar-refractivity contribution in [2.24, 2.45) is 5.92 Å². The second kappa shape index (κ2) is 9.18. The number of carbonyl (C=O) groups is 3. The van der Waals surface area contributed by atoms with E-state index in [1.54, 1.807) is 50.2 Å². The van der Waals surface area contributed by atoms with Gasteiger partial charge in [0.15, 0.2) is 0 Å². The molecule has 0 aliphatic heterocycles. The second-order valence-electron chi connectivity index (χ2n) is 6.02. The second-order valence-corrected chi connectivity index (χ2v) is 6.88. The van der Waals surface area contributed by atoms with E-state index in [9.17, 15) is 19.5 Å². The molecule has 1 aromatic carbocycles. The molecular formula is C19H18BrN2O5-. The van der Waals surface area contributed by atoms with Crippen LogP contribution in [0.3, 0.4) is 0 Å². The van der Waals surface area contributed by atoms with Gasteiger partial charge in [-0.15, -0.1) is 0 Å². The molecule has 27 heavy (non-hydrogen) atoms. The number of rotatable bonds is 7. The fraction of sp³-hybridized carbons (Fsp3) is 0.211. The lowest BCUT2D eigenvalue weighted by atomic mass is 10.0. The molecule has 0 spiro atoms. The summed E-state index contributed by atoms with van der Waals surface area (Å²) >= 11 is 3.28.